The van der Waals surface area contributed by atoms with Gasteiger partial charge in [0.15, 0.2) is 5.82 Å². The van der Waals surface area contributed by atoms with Crippen LogP contribution >= 0.6 is 11.5 Å². The van der Waals surface area contributed by atoms with Crippen LogP contribution in [0.2, 0.25) is 0 Å². The fourth-order valence-electron chi connectivity index (χ4n) is 2.69. The number of nitro groups is 1. The summed E-state index contributed by atoms with van der Waals surface area (Å²) in [7, 11) is -4.25. The molecule has 1 saturated heterocycles. The lowest BCUT2D eigenvalue weighted by Gasteiger charge is -2.27. The van der Waals surface area contributed by atoms with E-state index in [0.717, 1.165) is 42.9 Å². The molecule has 3 rings (SSSR count). The highest BCUT2D eigenvalue weighted by Crippen LogP contribution is 2.26. The minimum absolute atomic E-state index is 0.0159. The molecule has 1 amide bonds. The average molecular weight is 397 g/mol. The van der Waals surface area contributed by atoms with Gasteiger partial charge in [-0.1, -0.05) is 4.49 Å². The maximum atomic E-state index is 12.8. The molecular weight excluding hydrogens is 382 g/mol. The van der Waals surface area contributed by atoms with Gasteiger partial charge in [-0.15, -0.1) is 5.10 Å². The molecule has 0 spiro atoms. The highest BCUT2D eigenvalue weighted by Gasteiger charge is 2.29. The molecule has 0 unspecified atom stereocenters. The predicted molar refractivity (Wildman–Crippen MR) is 93.6 cm³/mol. The topological polar surface area (TPSA) is 135 Å². The number of benzene rings is 1. The van der Waals surface area contributed by atoms with Gasteiger partial charge in [-0.3, -0.25) is 19.6 Å². The number of piperidine rings is 1. The van der Waals surface area contributed by atoms with E-state index in [9.17, 15) is 23.3 Å². The van der Waals surface area contributed by atoms with Gasteiger partial charge in [-0.2, -0.15) is 0 Å². The molecular formula is C14H15N5O5S2. The Bertz CT molecular complexity index is 923. The van der Waals surface area contributed by atoms with Crippen LogP contribution in [0, 0.1) is 10.1 Å². The second-order valence-corrected chi connectivity index (χ2v) is 7.95. The molecule has 26 heavy (non-hydrogen) atoms. The largest absolute Gasteiger partial charge is 0.339 e. The number of carbonyl (C=O) groups excluding carboxylic acids is 1. The summed E-state index contributed by atoms with van der Waals surface area (Å²) in [4.78, 5) is 24.2. The molecule has 0 atom stereocenters. The summed E-state index contributed by atoms with van der Waals surface area (Å²) in [5.74, 6) is -0.478. The lowest BCUT2D eigenvalue weighted by molar-refractivity contribution is -0.385. The zero-order valence-corrected chi connectivity index (χ0v) is 15.1. The number of amides is 1. The average Bonchev–Trinajstić information content (AvgIpc) is 3.13. The molecule has 1 N–H and O–H groups in total. The summed E-state index contributed by atoms with van der Waals surface area (Å²) in [6, 6.07) is 3.20. The van der Waals surface area contributed by atoms with E-state index in [-0.39, 0.29) is 11.4 Å². The molecule has 1 fully saturated rings. The minimum atomic E-state index is -4.25. The first-order valence-electron chi connectivity index (χ1n) is 7.76. The molecule has 12 heteroatoms. The van der Waals surface area contributed by atoms with E-state index in [1.165, 1.54) is 11.4 Å². The number of anilines is 1. The van der Waals surface area contributed by atoms with Crippen LogP contribution in [0.5, 0.6) is 0 Å². The fraction of sp³-hybridized carbons (Fsp3) is 0.357. The number of rotatable bonds is 5. The normalized spacial score (nSPS) is 14.8. The number of hydrogen-bond acceptors (Lipinski definition) is 8. The van der Waals surface area contributed by atoms with Crippen LogP contribution in [0.25, 0.3) is 0 Å². The molecule has 1 aromatic heterocycles. The van der Waals surface area contributed by atoms with Gasteiger partial charge in [-0.05, 0) is 36.9 Å². The second-order valence-electron chi connectivity index (χ2n) is 5.69. The summed E-state index contributed by atoms with van der Waals surface area (Å²) >= 11 is 0.945. The summed E-state index contributed by atoms with van der Waals surface area (Å²) in [5, 5.41) is 16.0. The van der Waals surface area contributed by atoms with Crippen molar-refractivity contribution in [1.29, 1.82) is 0 Å². The van der Waals surface area contributed by atoms with Crippen molar-refractivity contribution < 1.29 is 18.1 Å². The zero-order valence-electron chi connectivity index (χ0n) is 13.5. The SMILES string of the molecule is O=C(c1ccc([N+](=O)[O-])cc1S(=O)(=O)Nc1csnn1)N1CCCCC1. The minimum Gasteiger partial charge on any atom is -0.339 e. The van der Waals surface area contributed by atoms with Crippen molar-refractivity contribution in [3.63, 3.8) is 0 Å². The maximum absolute atomic E-state index is 12.8. The number of likely N-dealkylation sites (tertiary alicyclic amines) is 1. The van der Waals surface area contributed by atoms with Crippen LogP contribution in [0.4, 0.5) is 11.5 Å². The van der Waals surface area contributed by atoms with Gasteiger partial charge in [0.1, 0.15) is 4.90 Å². The van der Waals surface area contributed by atoms with E-state index >= 15 is 0 Å². The standard InChI is InChI=1S/C14H15N5O5S2/c20-14(18-6-2-1-3-7-18)11-5-4-10(19(21)22)8-12(11)26(23,24)16-13-9-25-17-15-13/h4-5,8-9,16H,1-3,6-7H2. The molecule has 1 aliphatic rings. The first-order chi connectivity index (χ1) is 12.4. The first-order valence-corrected chi connectivity index (χ1v) is 10.1. The molecule has 0 radical (unpaired) electrons. The van der Waals surface area contributed by atoms with Crippen LogP contribution in [-0.4, -0.2) is 46.8 Å². The van der Waals surface area contributed by atoms with E-state index < -0.39 is 31.4 Å². The predicted octanol–water partition coefficient (Wildman–Crippen LogP) is 1.87. The van der Waals surface area contributed by atoms with Crippen molar-refractivity contribution >= 4 is 39.0 Å². The van der Waals surface area contributed by atoms with Gasteiger partial charge in [0.25, 0.3) is 21.6 Å². The van der Waals surface area contributed by atoms with Crippen molar-refractivity contribution in [1.82, 2.24) is 14.5 Å². The number of sulfonamides is 1. The van der Waals surface area contributed by atoms with Crippen LogP contribution in [0.15, 0.2) is 28.5 Å². The Morgan fingerprint density at radius 1 is 1.27 bits per heavy atom. The third kappa shape index (κ3) is 3.80. The summed E-state index contributed by atoms with van der Waals surface area (Å²) in [5.41, 5.74) is -0.523. The van der Waals surface area contributed by atoms with Gasteiger partial charge in [0.2, 0.25) is 0 Å². The molecule has 1 aliphatic heterocycles. The fourth-order valence-corrected chi connectivity index (χ4v) is 4.36. The van der Waals surface area contributed by atoms with Gasteiger partial charge >= 0.3 is 0 Å². The van der Waals surface area contributed by atoms with Crippen molar-refractivity contribution in [2.75, 3.05) is 17.8 Å². The quantitative estimate of drug-likeness (QED) is 0.601. The molecule has 2 heterocycles. The molecule has 10 nitrogen and oxygen atoms in total. The van der Waals surface area contributed by atoms with E-state index in [0.29, 0.717) is 13.1 Å². The lowest BCUT2D eigenvalue weighted by Crippen LogP contribution is -2.36. The highest BCUT2D eigenvalue weighted by molar-refractivity contribution is 7.92. The number of aromatic nitrogens is 2. The number of hydrogen-bond donors (Lipinski definition) is 1. The molecule has 0 aliphatic carbocycles. The highest BCUT2D eigenvalue weighted by atomic mass is 32.2. The summed E-state index contributed by atoms with van der Waals surface area (Å²) in [6.07, 6.45) is 2.68. The van der Waals surface area contributed by atoms with E-state index in [1.54, 1.807) is 4.90 Å². The second kappa shape index (κ2) is 7.33. The Labute approximate surface area is 153 Å². The maximum Gasteiger partial charge on any atom is 0.270 e. The van der Waals surface area contributed by atoms with E-state index in [2.05, 4.69) is 14.3 Å². The van der Waals surface area contributed by atoms with Crippen LogP contribution < -0.4 is 4.72 Å². The Hall–Kier alpha value is -2.60. The van der Waals surface area contributed by atoms with Crippen LogP contribution in [-0.2, 0) is 10.0 Å². The number of nitro benzene ring substituents is 1. The van der Waals surface area contributed by atoms with Crippen molar-refractivity contribution in [2.45, 2.75) is 24.2 Å². The number of non-ortho nitro benzene ring substituents is 1. The van der Waals surface area contributed by atoms with Gasteiger partial charge in [0.05, 0.1) is 15.9 Å². The molecule has 0 bridgehead atoms. The van der Waals surface area contributed by atoms with Gasteiger partial charge < -0.3 is 4.90 Å². The molecule has 1 aromatic carbocycles. The van der Waals surface area contributed by atoms with Crippen LogP contribution in [0.3, 0.4) is 0 Å². The van der Waals surface area contributed by atoms with Gasteiger partial charge in [-0.25, -0.2) is 8.42 Å². The zero-order chi connectivity index (χ0) is 18.7. The number of carbonyl (C=O) groups is 1. The van der Waals surface area contributed by atoms with Crippen molar-refractivity contribution in [3.8, 4) is 0 Å². The van der Waals surface area contributed by atoms with Gasteiger partial charge in [0, 0.05) is 25.2 Å². The monoisotopic (exact) mass is 397 g/mol. The van der Waals surface area contributed by atoms with E-state index in [4.69, 9.17) is 0 Å². The Balaban J connectivity index is 2.03. The molecule has 0 saturated carbocycles. The third-order valence-corrected chi connectivity index (χ3v) is 5.84. The van der Waals surface area contributed by atoms with Crippen molar-refractivity contribution in [2.24, 2.45) is 0 Å². The first kappa shape index (κ1) is 18.2. The Kier molecular flexibility index (Phi) is 5.13. The lowest BCUT2D eigenvalue weighted by atomic mass is 10.1. The summed E-state index contributed by atoms with van der Waals surface area (Å²) < 4.78 is 31.2. The molecule has 138 valence electrons. The summed E-state index contributed by atoms with van der Waals surface area (Å²) in [6.45, 7) is 1.05. The number of nitrogens with zero attached hydrogens (tertiary/aromatic N) is 4. The van der Waals surface area contributed by atoms with Crippen LogP contribution in [0.1, 0.15) is 29.6 Å². The Morgan fingerprint density at radius 2 is 2.00 bits per heavy atom. The smallest absolute Gasteiger partial charge is 0.270 e. The van der Waals surface area contributed by atoms with E-state index in [1.807, 2.05) is 0 Å². The third-order valence-electron chi connectivity index (χ3n) is 3.94. The number of nitrogens with one attached hydrogen (secondary N) is 1. The molecule has 2 aromatic rings. The van der Waals surface area contributed by atoms with Crippen molar-refractivity contribution in [3.05, 3.63) is 39.3 Å². The Morgan fingerprint density at radius 3 is 2.62 bits per heavy atom.